The summed E-state index contributed by atoms with van der Waals surface area (Å²) >= 11 is 0. The molecule has 4 rings (SSSR count). The Morgan fingerprint density at radius 2 is 2.32 bits per heavy atom. The van der Waals surface area contributed by atoms with Crippen LogP contribution in [0.4, 0.5) is 0 Å². The molecule has 0 aliphatic carbocycles. The first-order valence-electron chi connectivity index (χ1n) is 8.06. The van der Waals surface area contributed by atoms with E-state index in [2.05, 4.69) is 29.5 Å². The van der Waals surface area contributed by atoms with E-state index in [4.69, 9.17) is 4.42 Å². The Morgan fingerprint density at radius 1 is 1.45 bits per heavy atom. The summed E-state index contributed by atoms with van der Waals surface area (Å²) in [5.74, 6) is 0.270. The summed E-state index contributed by atoms with van der Waals surface area (Å²) in [4.78, 5) is 16.7. The van der Waals surface area contributed by atoms with Crippen LogP contribution in [-0.2, 0) is 0 Å². The van der Waals surface area contributed by atoms with E-state index < -0.39 is 0 Å². The molecule has 2 bridgehead atoms. The Hall–Kier alpha value is -1.88. The van der Waals surface area contributed by atoms with Crippen molar-refractivity contribution in [2.45, 2.75) is 57.2 Å². The van der Waals surface area contributed by atoms with Crippen LogP contribution in [0.15, 0.2) is 22.9 Å². The molecule has 22 heavy (non-hydrogen) atoms. The fourth-order valence-corrected chi connectivity index (χ4v) is 3.75. The highest BCUT2D eigenvalue weighted by Crippen LogP contribution is 2.29. The lowest BCUT2D eigenvalue weighted by Gasteiger charge is -2.21. The van der Waals surface area contributed by atoms with Crippen LogP contribution in [0.5, 0.6) is 0 Å². The van der Waals surface area contributed by atoms with E-state index in [0.29, 0.717) is 23.7 Å². The molecule has 1 amide bonds. The molecule has 5 nitrogen and oxygen atoms in total. The van der Waals surface area contributed by atoms with Crippen LogP contribution in [-0.4, -0.2) is 29.0 Å². The minimum atomic E-state index is -0.0860. The number of carbonyl (C=O) groups excluding carboxylic acids is 1. The predicted molar refractivity (Wildman–Crippen MR) is 83.9 cm³/mol. The van der Waals surface area contributed by atoms with Gasteiger partial charge < -0.3 is 15.1 Å². The molecule has 0 radical (unpaired) electrons. The number of hydrogen-bond acceptors (Lipinski definition) is 4. The van der Waals surface area contributed by atoms with Crippen LogP contribution >= 0.6 is 0 Å². The molecule has 0 saturated carbocycles. The summed E-state index contributed by atoms with van der Waals surface area (Å²) in [7, 11) is 0. The third kappa shape index (κ3) is 2.20. The maximum atomic E-state index is 12.5. The monoisotopic (exact) mass is 299 g/mol. The number of rotatable bonds is 3. The van der Waals surface area contributed by atoms with Crippen LogP contribution in [0.2, 0.25) is 0 Å². The summed E-state index contributed by atoms with van der Waals surface area (Å²) in [5, 5.41) is 7.66. The van der Waals surface area contributed by atoms with Crippen LogP contribution in [0, 0.1) is 0 Å². The quantitative estimate of drug-likeness (QED) is 0.914. The zero-order valence-electron chi connectivity index (χ0n) is 12.9. The fourth-order valence-electron chi connectivity index (χ4n) is 3.75. The van der Waals surface area contributed by atoms with Crippen molar-refractivity contribution in [1.82, 2.24) is 15.6 Å². The molecule has 2 aliphatic rings. The van der Waals surface area contributed by atoms with Gasteiger partial charge in [0, 0.05) is 29.1 Å². The molecule has 2 aromatic rings. The first-order chi connectivity index (χ1) is 10.6. The number of hydrogen-bond donors (Lipinski definition) is 2. The topological polar surface area (TPSA) is 67.2 Å². The van der Waals surface area contributed by atoms with Crippen molar-refractivity contribution in [2.24, 2.45) is 0 Å². The highest BCUT2D eigenvalue weighted by atomic mass is 16.3. The third-order valence-corrected chi connectivity index (χ3v) is 4.96. The first-order valence-corrected chi connectivity index (χ1v) is 8.06. The molecule has 4 heterocycles. The van der Waals surface area contributed by atoms with Gasteiger partial charge in [0.25, 0.3) is 5.91 Å². The zero-order chi connectivity index (χ0) is 15.3. The Kier molecular flexibility index (Phi) is 3.18. The molecule has 2 N–H and O–H groups in total. The van der Waals surface area contributed by atoms with Crippen LogP contribution in [0.1, 0.15) is 55.1 Å². The van der Waals surface area contributed by atoms with E-state index in [0.717, 1.165) is 29.4 Å². The molecule has 5 heteroatoms. The number of pyridine rings is 1. The first kappa shape index (κ1) is 13.8. The molecule has 0 spiro atoms. The maximum absolute atomic E-state index is 12.5. The second kappa shape index (κ2) is 5.09. The average molecular weight is 299 g/mol. The minimum absolute atomic E-state index is 0.0860. The molecule has 2 aromatic heterocycles. The van der Waals surface area contributed by atoms with Gasteiger partial charge in [-0.3, -0.25) is 4.79 Å². The summed E-state index contributed by atoms with van der Waals surface area (Å²) in [5.41, 5.74) is 2.33. The summed E-state index contributed by atoms with van der Waals surface area (Å²) in [6, 6.07) is 3.09. The normalized spacial score (nSPS) is 27.0. The van der Waals surface area contributed by atoms with Crippen LogP contribution < -0.4 is 10.6 Å². The second-order valence-corrected chi connectivity index (χ2v) is 6.77. The standard InChI is InChI=1S/C17H21N3O2/c1-9(2)12-8-22-16-7-18-15(6-11(12)16)17(21)20-14-5-10-3-4-13(14)19-10/h6-10,13-14,19H,3-5H2,1-2H3,(H,20,21)/t10-,13+,14-/m1/s1. The van der Waals surface area contributed by atoms with Gasteiger partial charge in [0.1, 0.15) is 5.69 Å². The van der Waals surface area contributed by atoms with Gasteiger partial charge in [-0.2, -0.15) is 0 Å². The number of amides is 1. The maximum Gasteiger partial charge on any atom is 0.270 e. The van der Waals surface area contributed by atoms with Gasteiger partial charge in [-0.25, -0.2) is 4.98 Å². The van der Waals surface area contributed by atoms with Gasteiger partial charge in [0.15, 0.2) is 5.58 Å². The fraction of sp³-hybridized carbons (Fsp3) is 0.529. The van der Waals surface area contributed by atoms with Crippen molar-refractivity contribution < 1.29 is 9.21 Å². The van der Waals surface area contributed by atoms with Crippen molar-refractivity contribution in [3.63, 3.8) is 0 Å². The lowest BCUT2D eigenvalue weighted by Crippen LogP contribution is -2.43. The molecule has 3 atom stereocenters. The Morgan fingerprint density at radius 3 is 3.00 bits per heavy atom. The number of aromatic nitrogens is 1. The van der Waals surface area contributed by atoms with Crippen molar-refractivity contribution in [3.8, 4) is 0 Å². The van der Waals surface area contributed by atoms with Gasteiger partial charge in [0.2, 0.25) is 0 Å². The predicted octanol–water partition coefficient (Wildman–Crippen LogP) is 2.57. The minimum Gasteiger partial charge on any atom is -0.462 e. The van der Waals surface area contributed by atoms with Crippen molar-refractivity contribution in [3.05, 3.63) is 29.8 Å². The summed E-state index contributed by atoms with van der Waals surface area (Å²) < 4.78 is 5.51. The molecule has 2 fully saturated rings. The zero-order valence-corrected chi connectivity index (χ0v) is 12.9. The highest BCUT2D eigenvalue weighted by Gasteiger charge is 2.39. The lowest BCUT2D eigenvalue weighted by atomic mass is 9.95. The average Bonchev–Trinajstić information content (AvgIpc) is 3.20. The van der Waals surface area contributed by atoms with E-state index >= 15 is 0 Å². The van der Waals surface area contributed by atoms with E-state index in [1.165, 1.54) is 6.42 Å². The molecule has 0 aromatic carbocycles. The van der Waals surface area contributed by atoms with E-state index in [-0.39, 0.29) is 11.9 Å². The number of fused-ring (bicyclic) bond motifs is 3. The van der Waals surface area contributed by atoms with Gasteiger partial charge in [-0.1, -0.05) is 13.8 Å². The van der Waals surface area contributed by atoms with Crippen molar-refractivity contribution in [2.75, 3.05) is 0 Å². The van der Waals surface area contributed by atoms with Gasteiger partial charge in [0.05, 0.1) is 12.5 Å². The van der Waals surface area contributed by atoms with Crippen LogP contribution in [0.25, 0.3) is 11.0 Å². The largest absolute Gasteiger partial charge is 0.462 e. The van der Waals surface area contributed by atoms with Gasteiger partial charge in [-0.05, 0) is 31.2 Å². The lowest BCUT2D eigenvalue weighted by molar-refractivity contribution is 0.0926. The molecule has 0 unspecified atom stereocenters. The number of nitrogens with one attached hydrogen (secondary N) is 2. The molecule has 116 valence electrons. The summed E-state index contributed by atoms with van der Waals surface area (Å²) in [6.07, 6.45) is 6.82. The highest BCUT2D eigenvalue weighted by molar-refractivity contribution is 5.96. The smallest absolute Gasteiger partial charge is 0.270 e. The Labute approximate surface area is 129 Å². The van der Waals surface area contributed by atoms with Crippen LogP contribution in [0.3, 0.4) is 0 Å². The number of furan rings is 1. The van der Waals surface area contributed by atoms with Gasteiger partial charge in [-0.15, -0.1) is 0 Å². The van der Waals surface area contributed by atoms with E-state index in [9.17, 15) is 4.79 Å². The van der Waals surface area contributed by atoms with E-state index in [1.807, 2.05) is 6.07 Å². The third-order valence-electron chi connectivity index (χ3n) is 4.96. The molecular weight excluding hydrogens is 278 g/mol. The van der Waals surface area contributed by atoms with Gasteiger partial charge >= 0.3 is 0 Å². The van der Waals surface area contributed by atoms with Crippen molar-refractivity contribution >= 4 is 16.9 Å². The molecule has 2 aliphatic heterocycles. The Balaban J connectivity index is 1.57. The molecular formula is C17H21N3O2. The van der Waals surface area contributed by atoms with E-state index in [1.54, 1.807) is 12.5 Å². The Bertz CT molecular complexity index is 722. The van der Waals surface area contributed by atoms with Crippen molar-refractivity contribution in [1.29, 1.82) is 0 Å². The SMILES string of the molecule is CC(C)c1coc2cnc(C(=O)N[C@@H]3C[C@H]4CC[C@@H]3N4)cc12. The second-order valence-electron chi connectivity index (χ2n) is 6.77. The summed E-state index contributed by atoms with van der Waals surface area (Å²) in [6.45, 7) is 4.23. The number of nitrogens with zero attached hydrogens (tertiary/aromatic N) is 1. The molecule has 2 saturated heterocycles. The number of carbonyl (C=O) groups is 1.